The number of aromatic nitrogens is 1. The number of hydrogen-bond donors (Lipinski definition) is 2. The van der Waals surface area contributed by atoms with E-state index < -0.39 is 18.4 Å². The number of nitrogens with one attached hydrogen (secondary N) is 1. The third-order valence-corrected chi connectivity index (χ3v) is 4.17. The van der Waals surface area contributed by atoms with Gasteiger partial charge in [-0.1, -0.05) is 0 Å². The zero-order valence-electron chi connectivity index (χ0n) is 13.0. The molecular weight excluding hydrogens is 296 g/mol. The zero-order valence-corrected chi connectivity index (χ0v) is 13.0. The van der Waals surface area contributed by atoms with E-state index in [-0.39, 0.29) is 0 Å². The predicted molar refractivity (Wildman–Crippen MR) is 85.5 cm³/mol. The Morgan fingerprint density at radius 3 is 2.87 bits per heavy atom. The lowest BCUT2D eigenvalue weighted by Crippen LogP contribution is -2.23. The van der Waals surface area contributed by atoms with E-state index in [9.17, 15) is 9.59 Å². The van der Waals surface area contributed by atoms with Gasteiger partial charge in [-0.2, -0.15) is 0 Å². The SMILES string of the molecule is CN(CCc1c[nH]c2cc(OC(=O)CC(=O)O)ccc12)C1CC1. The Balaban J connectivity index is 1.66. The van der Waals surface area contributed by atoms with Crippen molar-refractivity contribution >= 4 is 22.8 Å². The standard InChI is InChI=1S/C17H20N2O4/c1-19(12-2-3-12)7-6-11-10-18-15-8-13(4-5-14(11)15)23-17(22)9-16(20)21/h4-5,8,10,12,18H,2-3,6-7,9H2,1H3,(H,20,21). The van der Waals surface area contributed by atoms with Gasteiger partial charge in [-0.15, -0.1) is 0 Å². The van der Waals surface area contributed by atoms with Crippen LogP contribution in [0.15, 0.2) is 24.4 Å². The Labute approximate surface area is 134 Å². The predicted octanol–water partition coefficient (Wildman–Crippen LogP) is 2.18. The molecule has 1 aromatic carbocycles. The van der Waals surface area contributed by atoms with Crippen LogP contribution in [0.4, 0.5) is 0 Å². The van der Waals surface area contributed by atoms with Crippen molar-refractivity contribution < 1.29 is 19.4 Å². The summed E-state index contributed by atoms with van der Waals surface area (Å²) in [7, 11) is 2.16. The average molecular weight is 316 g/mol. The number of esters is 1. The van der Waals surface area contributed by atoms with E-state index in [1.807, 2.05) is 12.3 Å². The highest BCUT2D eigenvalue weighted by Crippen LogP contribution is 2.27. The molecule has 1 aromatic heterocycles. The Hall–Kier alpha value is -2.34. The van der Waals surface area contributed by atoms with Gasteiger partial charge in [0.15, 0.2) is 0 Å². The number of hydrogen-bond acceptors (Lipinski definition) is 4. The summed E-state index contributed by atoms with van der Waals surface area (Å²) in [6.45, 7) is 1.02. The topological polar surface area (TPSA) is 82.6 Å². The van der Waals surface area contributed by atoms with Crippen LogP contribution in [0.3, 0.4) is 0 Å². The van der Waals surface area contributed by atoms with Crippen molar-refractivity contribution in [2.45, 2.75) is 31.7 Å². The molecule has 6 nitrogen and oxygen atoms in total. The van der Waals surface area contributed by atoms with Crippen molar-refractivity contribution in [2.75, 3.05) is 13.6 Å². The number of aliphatic carboxylic acids is 1. The van der Waals surface area contributed by atoms with Crippen LogP contribution in [0.2, 0.25) is 0 Å². The third kappa shape index (κ3) is 3.90. The molecule has 2 N–H and O–H groups in total. The Kier molecular flexibility index (Phi) is 4.34. The highest BCUT2D eigenvalue weighted by Gasteiger charge is 2.25. The summed E-state index contributed by atoms with van der Waals surface area (Å²) in [5.74, 6) is -1.61. The first kappa shape index (κ1) is 15.6. The van der Waals surface area contributed by atoms with Crippen LogP contribution in [-0.2, 0) is 16.0 Å². The van der Waals surface area contributed by atoms with Crippen molar-refractivity contribution in [1.82, 2.24) is 9.88 Å². The maximum atomic E-state index is 11.4. The highest BCUT2D eigenvalue weighted by atomic mass is 16.5. The summed E-state index contributed by atoms with van der Waals surface area (Å²) in [5, 5.41) is 9.68. The summed E-state index contributed by atoms with van der Waals surface area (Å²) in [4.78, 5) is 27.5. The van der Waals surface area contributed by atoms with E-state index in [1.165, 1.54) is 18.4 Å². The molecule has 0 amide bonds. The minimum atomic E-state index is -1.20. The summed E-state index contributed by atoms with van der Waals surface area (Å²) < 4.78 is 5.03. The fourth-order valence-corrected chi connectivity index (χ4v) is 2.72. The van der Waals surface area contributed by atoms with Crippen LogP contribution in [0.5, 0.6) is 5.75 Å². The van der Waals surface area contributed by atoms with E-state index in [4.69, 9.17) is 9.84 Å². The third-order valence-electron chi connectivity index (χ3n) is 4.17. The molecule has 0 radical (unpaired) electrons. The van der Waals surface area contributed by atoms with E-state index >= 15 is 0 Å². The van der Waals surface area contributed by atoms with Crippen molar-refractivity contribution in [3.63, 3.8) is 0 Å². The smallest absolute Gasteiger partial charge is 0.322 e. The molecule has 23 heavy (non-hydrogen) atoms. The van der Waals surface area contributed by atoms with Crippen LogP contribution in [0.1, 0.15) is 24.8 Å². The number of carbonyl (C=O) groups is 2. The molecule has 122 valence electrons. The number of benzene rings is 1. The number of rotatable bonds is 7. The van der Waals surface area contributed by atoms with E-state index in [0.29, 0.717) is 5.75 Å². The van der Waals surface area contributed by atoms with Gasteiger partial charge in [-0.05, 0) is 44.0 Å². The molecule has 1 fully saturated rings. The molecule has 1 saturated carbocycles. The Bertz CT molecular complexity index is 733. The maximum absolute atomic E-state index is 11.4. The van der Waals surface area contributed by atoms with Gasteiger partial charge in [0, 0.05) is 35.8 Å². The molecule has 0 atom stereocenters. The second kappa shape index (κ2) is 6.42. The van der Waals surface area contributed by atoms with Crippen molar-refractivity contribution in [3.05, 3.63) is 30.0 Å². The lowest BCUT2D eigenvalue weighted by Gasteiger charge is -2.14. The number of fused-ring (bicyclic) bond motifs is 1. The minimum absolute atomic E-state index is 0.354. The normalized spacial score (nSPS) is 14.3. The first-order chi connectivity index (χ1) is 11.0. The monoisotopic (exact) mass is 316 g/mol. The van der Waals surface area contributed by atoms with Crippen LogP contribution in [-0.4, -0.2) is 46.6 Å². The van der Waals surface area contributed by atoms with Crippen LogP contribution < -0.4 is 4.74 Å². The van der Waals surface area contributed by atoms with Gasteiger partial charge in [0.2, 0.25) is 0 Å². The summed E-state index contributed by atoms with van der Waals surface area (Å²) >= 11 is 0. The number of ether oxygens (including phenoxy) is 1. The first-order valence-electron chi connectivity index (χ1n) is 7.75. The van der Waals surface area contributed by atoms with Gasteiger partial charge in [0.05, 0.1) is 0 Å². The molecule has 1 heterocycles. The largest absolute Gasteiger partial charge is 0.481 e. The van der Waals surface area contributed by atoms with E-state index in [2.05, 4.69) is 16.9 Å². The Morgan fingerprint density at radius 2 is 2.17 bits per heavy atom. The van der Waals surface area contributed by atoms with Crippen molar-refractivity contribution in [1.29, 1.82) is 0 Å². The molecule has 1 aliphatic rings. The van der Waals surface area contributed by atoms with Gasteiger partial charge < -0.3 is 19.7 Å². The van der Waals surface area contributed by atoms with Gasteiger partial charge in [-0.25, -0.2) is 0 Å². The van der Waals surface area contributed by atoms with E-state index in [1.54, 1.807) is 12.1 Å². The molecule has 0 spiro atoms. The molecular formula is C17H20N2O4. The lowest BCUT2D eigenvalue weighted by molar-refractivity contribution is -0.145. The number of carboxylic acid groups (broad SMARTS) is 1. The molecule has 0 unspecified atom stereocenters. The van der Waals surface area contributed by atoms with E-state index in [0.717, 1.165) is 29.9 Å². The Morgan fingerprint density at radius 1 is 1.39 bits per heavy atom. The maximum Gasteiger partial charge on any atom is 0.322 e. The summed E-state index contributed by atoms with van der Waals surface area (Å²) in [6.07, 6.45) is 4.91. The van der Waals surface area contributed by atoms with Gasteiger partial charge in [0.25, 0.3) is 0 Å². The molecule has 2 aromatic rings. The van der Waals surface area contributed by atoms with Crippen molar-refractivity contribution in [3.8, 4) is 5.75 Å². The van der Waals surface area contributed by atoms with Gasteiger partial charge >= 0.3 is 11.9 Å². The number of likely N-dealkylation sites (N-methyl/N-ethyl adjacent to an activating group) is 1. The summed E-state index contributed by atoms with van der Waals surface area (Å²) in [5.41, 5.74) is 2.12. The average Bonchev–Trinajstić information content (AvgIpc) is 3.25. The van der Waals surface area contributed by atoms with Gasteiger partial charge in [0.1, 0.15) is 12.2 Å². The zero-order chi connectivity index (χ0) is 16.4. The number of aromatic amines is 1. The number of carboxylic acids is 1. The van der Waals surface area contributed by atoms with Gasteiger partial charge in [-0.3, -0.25) is 9.59 Å². The molecule has 3 rings (SSSR count). The minimum Gasteiger partial charge on any atom is -0.481 e. The van der Waals surface area contributed by atoms with Crippen molar-refractivity contribution in [2.24, 2.45) is 0 Å². The second-order valence-corrected chi connectivity index (χ2v) is 6.03. The van der Waals surface area contributed by atoms with Crippen LogP contribution >= 0.6 is 0 Å². The molecule has 6 heteroatoms. The highest BCUT2D eigenvalue weighted by molar-refractivity contribution is 5.92. The first-order valence-corrected chi connectivity index (χ1v) is 7.75. The molecule has 0 aliphatic heterocycles. The molecule has 0 bridgehead atoms. The van der Waals surface area contributed by atoms with Crippen LogP contribution in [0.25, 0.3) is 10.9 Å². The lowest BCUT2D eigenvalue weighted by atomic mass is 10.1. The molecule has 0 saturated heterocycles. The number of carbonyl (C=O) groups excluding carboxylic acids is 1. The number of H-pyrrole nitrogens is 1. The fraction of sp³-hybridized carbons (Fsp3) is 0.412. The summed E-state index contributed by atoms with van der Waals surface area (Å²) in [6, 6.07) is 6.08. The molecule has 1 aliphatic carbocycles. The second-order valence-electron chi connectivity index (χ2n) is 6.03. The fourth-order valence-electron chi connectivity index (χ4n) is 2.72. The van der Waals surface area contributed by atoms with Crippen LogP contribution in [0, 0.1) is 0 Å². The number of nitrogens with zero attached hydrogens (tertiary/aromatic N) is 1. The quantitative estimate of drug-likeness (QED) is 0.465.